The summed E-state index contributed by atoms with van der Waals surface area (Å²) in [6, 6.07) is 4.01. The van der Waals surface area contributed by atoms with Crippen molar-refractivity contribution in [3.63, 3.8) is 0 Å². The summed E-state index contributed by atoms with van der Waals surface area (Å²) in [5.41, 5.74) is 3.19. The van der Waals surface area contributed by atoms with Crippen molar-refractivity contribution in [2.75, 3.05) is 20.8 Å². The van der Waals surface area contributed by atoms with Crippen LogP contribution in [0.4, 0.5) is 0 Å². The second kappa shape index (κ2) is 6.74. The van der Waals surface area contributed by atoms with Gasteiger partial charge in [-0.05, 0) is 61.1 Å². The van der Waals surface area contributed by atoms with Crippen molar-refractivity contribution in [2.45, 2.75) is 38.5 Å². The maximum Gasteiger partial charge on any atom is 0.161 e. The summed E-state index contributed by atoms with van der Waals surface area (Å²) in [5, 5.41) is 3.40. The number of fused-ring (bicyclic) bond motifs is 3. The monoisotopic (exact) mass is 341 g/mol. The summed E-state index contributed by atoms with van der Waals surface area (Å²) in [6.07, 6.45) is 8.77. The molecule has 2 bridgehead atoms. The maximum atomic E-state index is 12.7. The van der Waals surface area contributed by atoms with E-state index in [0.29, 0.717) is 18.1 Å². The standard InChI is InChI=1S/C21H27NO3/c1-24-20-10-15-5-6-22-19(18(15)12-21(20)25-2)11-17(23)9-16-8-13-3-4-14(16)7-13/h10-14,16,22H,3-9H2,1-2H3/b19-11-/t13-,14-,16+/m0/s1. The summed E-state index contributed by atoms with van der Waals surface area (Å²) in [4.78, 5) is 12.7. The minimum atomic E-state index is 0.252. The average Bonchev–Trinajstić information content (AvgIpc) is 3.23. The van der Waals surface area contributed by atoms with E-state index in [9.17, 15) is 4.79 Å². The summed E-state index contributed by atoms with van der Waals surface area (Å²) in [5.74, 6) is 4.00. The highest BCUT2D eigenvalue weighted by Crippen LogP contribution is 2.49. The van der Waals surface area contributed by atoms with E-state index in [1.807, 2.05) is 18.2 Å². The predicted octanol–water partition coefficient (Wildman–Crippen LogP) is 3.59. The lowest BCUT2D eigenvalue weighted by molar-refractivity contribution is -0.115. The first-order valence-electron chi connectivity index (χ1n) is 9.41. The third kappa shape index (κ3) is 3.14. The Labute approximate surface area is 149 Å². The summed E-state index contributed by atoms with van der Waals surface area (Å²) < 4.78 is 10.8. The molecule has 3 aliphatic rings. The second-order valence-electron chi connectivity index (χ2n) is 7.70. The fourth-order valence-corrected chi connectivity index (χ4v) is 5.04. The molecule has 4 nitrogen and oxygen atoms in total. The van der Waals surface area contributed by atoms with Crippen LogP contribution in [0.3, 0.4) is 0 Å². The molecular weight excluding hydrogens is 314 g/mol. The molecule has 3 atom stereocenters. The molecule has 25 heavy (non-hydrogen) atoms. The lowest BCUT2D eigenvalue weighted by Crippen LogP contribution is -2.24. The Hall–Kier alpha value is -1.97. The number of carbonyl (C=O) groups is 1. The number of methoxy groups -OCH3 is 2. The first kappa shape index (κ1) is 16.5. The van der Waals surface area contributed by atoms with Crippen molar-refractivity contribution in [1.82, 2.24) is 5.32 Å². The minimum Gasteiger partial charge on any atom is -0.493 e. The largest absolute Gasteiger partial charge is 0.493 e. The number of nitrogens with one attached hydrogen (secondary N) is 1. The van der Waals surface area contributed by atoms with Gasteiger partial charge in [-0.25, -0.2) is 0 Å². The Morgan fingerprint density at radius 2 is 2.00 bits per heavy atom. The quantitative estimate of drug-likeness (QED) is 0.832. The van der Waals surface area contributed by atoms with E-state index in [-0.39, 0.29) is 5.78 Å². The van der Waals surface area contributed by atoms with E-state index < -0.39 is 0 Å². The Bertz CT molecular complexity index is 709. The van der Waals surface area contributed by atoms with Crippen LogP contribution in [0, 0.1) is 17.8 Å². The van der Waals surface area contributed by atoms with Crippen molar-refractivity contribution < 1.29 is 14.3 Å². The van der Waals surface area contributed by atoms with Crippen LogP contribution in [-0.2, 0) is 11.2 Å². The molecule has 1 N–H and O–H groups in total. The zero-order valence-electron chi connectivity index (χ0n) is 15.1. The summed E-state index contributed by atoms with van der Waals surface area (Å²) in [6.45, 7) is 0.843. The van der Waals surface area contributed by atoms with Crippen LogP contribution in [0.5, 0.6) is 11.5 Å². The molecule has 2 fully saturated rings. The number of ketones is 1. The predicted molar refractivity (Wildman–Crippen MR) is 97.8 cm³/mol. The van der Waals surface area contributed by atoms with Gasteiger partial charge in [-0.2, -0.15) is 0 Å². The van der Waals surface area contributed by atoms with Crippen LogP contribution < -0.4 is 14.8 Å². The second-order valence-corrected chi connectivity index (χ2v) is 7.70. The molecule has 4 heteroatoms. The van der Waals surface area contributed by atoms with Crippen molar-refractivity contribution in [1.29, 1.82) is 0 Å². The van der Waals surface area contributed by atoms with Crippen LogP contribution >= 0.6 is 0 Å². The molecule has 1 heterocycles. The fourth-order valence-electron chi connectivity index (χ4n) is 5.04. The molecule has 1 aromatic rings. The van der Waals surface area contributed by atoms with Crippen LogP contribution in [0.2, 0.25) is 0 Å². The molecule has 1 aliphatic heterocycles. The maximum absolute atomic E-state index is 12.7. The molecule has 0 spiro atoms. The lowest BCUT2D eigenvalue weighted by Gasteiger charge is -2.24. The van der Waals surface area contributed by atoms with Gasteiger partial charge >= 0.3 is 0 Å². The highest BCUT2D eigenvalue weighted by Gasteiger charge is 2.39. The number of rotatable bonds is 5. The molecule has 0 saturated heterocycles. The van der Waals surface area contributed by atoms with E-state index in [1.165, 1.54) is 31.2 Å². The van der Waals surface area contributed by atoms with Crippen LogP contribution in [0.25, 0.3) is 5.70 Å². The number of hydrogen-bond acceptors (Lipinski definition) is 4. The van der Waals surface area contributed by atoms with Crippen molar-refractivity contribution in [3.8, 4) is 11.5 Å². The zero-order valence-corrected chi connectivity index (χ0v) is 15.1. The molecular formula is C21H27NO3. The zero-order chi connectivity index (χ0) is 17.4. The molecule has 0 unspecified atom stereocenters. The van der Waals surface area contributed by atoms with E-state index in [4.69, 9.17) is 9.47 Å². The van der Waals surface area contributed by atoms with Gasteiger partial charge in [0.25, 0.3) is 0 Å². The van der Waals surface area contributed by atoms with Gasteiger partial charge in [-0.15, -0.1) is 0 Å². The Morgan fingerprint density at radius 1 is 1.20 bits per heavy atom. The van der Waals surface area contributed by atoms with Crippen LogP contribution in [0.1, 0.15) is 43.2 Å². The number of allylic oxidation sites excluding steroid dienone is 1. The molecule has 0 aromatic heterocycles. The molecule has 134 valence electrons. The first-order chi connectivity index (χ1) is 12.2. The number of carbonyl (C=O) groups excluding carboxylic acids is 1. The van der Waals surface area contributed by atoms with Crippen LogP contribution in [0.15, 0.2) is 18.2 Å². The smallest absolute Gasteiger partial charge is 0.161 e. The number of ether oxygens (including phenoxy) is 2. The van der Waals surface area contributed by atoms with E-state index in [1.54, 1.807) is 14.2 Å². The van der Waals surface area contributed by atoms with Gasteiger partial charge in [-0.1, -0.05) is 6.42 Å². The van der Waals surface area contributed by atoms with Crippen LogP contribution in [-0.4, -0.2) is 26.5 Å². The van der Waals surface area contributed by atoms with Crippen molar-refractivity contribution in [3.05, 3.63) is 29.3 Å². The SMILES string of the molecule is COc1cc2c(cc1OC)/C(=C/C(=O)C[C@H]1C[C@H]3CC[C@H]1C3)NCC2. The van der Waals surface area contributed by atoms with Gasteiger partial charge in [0.2, 0.25) is 0 Å². The third-order valence-corrected chi connectivity index (χ3v) is 6.26. The Morgan fingerprint density at radius 3 is 2.68 bits per heavy atom. The van der Waals surface area contributed by atoms with Gasteiger partial charge in [0.15, 0.2) is 17.3 Å². The molecule has 4 rings (SSSR count). The highest BCUT2D eigenvalue weighted by molar-refractivity contribution is 5.97. The molecule has 2 aliphatic carbocycles. The molecule has 0 radical (unpaired) electrons. The van der Waals surface area contributed by atoms with E-state index in [2.05, 4.69) is 5.32 Å². The molecule has 2 saturated carbocycles. The third-order valence-electron chi connectivity index (χ3n) is 6.26. The number of benzene rings is 1. The van der Waals surface area contributed by atoms with Crippen molar-refractivity contribution >= 4 is 11.5 Å². The van der Waals surface area contributed by atoms with Crippen molar-refractivity contribution in [2.24, 2.45) is 17.8 Å². The molecule has 1 aromatic carbocycles. The average molecular weight is 341 g/mol. The lowest BCUT2D eigenvalue weighted by atomic mass is 9.85. The van der Waals surface area contributed by atoms with Gasteiger partial charge in [0, 0.05) is 30.3 Å². The van der Waals surface area contributed by atoms with Gasteiger partial charge < -0.3 is 14.8 Å². The van der Waals surface area contributed by atoms with E-state index in [0.717, 1.165) is 41.8 Å². The van der Waals surface area contributed by atoms with Gasteiger partial charge in [-0.3, -0.25) is 4.79 Å². The summed E-state index contributed by atoms with van der Waals surface area (Å²) >= 11 is 0. The Balaban J connectivity index is 1.55. The molecule has 0 amide bonds. The fraction of sp³-hybridized carbons (Fsp3) is 0.571. The van der Waals surface area contributed by atoms with Gasteiger partial charge in [0.05, 0.1) is 14.2 Å². The number of hydrogen-bond donors (Lipinski definition) is 1. The topological polar surface area (TPSA) is 47.6 Å². The van der Waals surface area contributed by atoms with E-state index >= 15 is 0 Å². The minimum absolute atomic E-state index is 0.252. The van der Waals surface area contributed by atoms with Gasteiger partial charge in [0.1, 0.15) is 0 Å². The normalized spacial score (nSPS) is 28.6. The summed E-state index contributed by atoms with van der Waals surface area (Å²) in [7, 11) is 3.30. The Kier molecular flexibility index (Phi) is 4.45. The highest BCUT2D eigenvalue weighted by atomic mass is 16.5. The first-order valence-corrected chi connectivity index (χ1v) is 9.41.